The number of carbonyl (C=O) groups is 1. The Hall–Kier alpha value is -1.01. The molecule has 1 amide bonds. The third-order valence-electron chi connectivity index (χ3n) is 1.84. The summed E-state index contributed by atoms with van der Waals surface area (Å²) >= 11 is 1.13. The fourth-order valence-electron chi connectivity index (χ4n) is 1.04. The number of rotatable bonds is 5. The molecule has 0 saturated carbocycles. The van der Waals surface area contributed by atoms with Crippen LogP contribution in [-0.2, 0) is 0 Å². The highest BCUT2D eigenvalue weighted by atomic mass is 32.1. The lowest BCUT2D eigenvalue weighted by Crippen LogP contribution is -2.28. The molecule has 78 valence electrons. The van der Waals surface area contributed by atoms with E-state index in [4.69, 9.17) is 0 Å². The maximum absolute atomic E-state index is 11.6. The number of hydrogen-bond donors (Lipinski definition) is 1. The van der Waals surface area contributed by atoms with E-state index in [9.17, 15) is 4.79 Å². The van der Waals surface area contributed by atoms with Crippen molar-refractivity contribution in [1.29, 1.82) is 0 Å². The van der Waals surface area contributed by atoms with E-state index in [-0.39, 0.29) is 5.91 Å². The number of aromatic nitrogens is 2. The zero-order valence-corrected chi connectivity index (χ0v) is 9.17. The summed E-state index contributed by atoms with van der Waals surface area (Å²) in [6.07, 6.45) is 2.45. The van der Waals surface area contributed by atoms with Crippen LogP contribution in [0.2, 0.25) is 0 Å². The van der Waals surface area contributed by atoms with Gasteiger partial charge in [-0.15, -0.1) is 5.10 Å². The van der Waals surface area contributed by atoms with Gasteiger partial charge in [0, 0.05) is 13.6 Å². The van der Waals surface area contributed by atoms with Crippen molar-refractivity contribution in [3.8, 4) is 0 Å². The molecule has 1 aromatic heterocycles. The monoisotopic (exact) mass is 214 g/mol. The molecular formula is C8H14N4OS. The summed E-state index contributed by atoms with van der Waals surface area (Å²) in [6, 6.07) is 0. The van der Waals surface area contributed by atoms with E-state index in [1.807, 2.05) is 7.05 Å². The van der Waals surface area contributed by atoms with Gasteiger partial charge in [-0.3, -0.25) is 4.79 Å². The number of hydrogen-bond acceptors (Lipinski definition) is 5. The first kappa shape index (κ1) is 11.1. The van der Waals surface area contributed by atoms with Crippen LogP contribution in [0.15, 0.2) is 6.20 Å². The second kappa shape index (κ2) is 5.66. The van der Waals surface area contributed by atoms with Gasteiger partial charge in [0.1, 0.15) is 4.88 Å². The molecule has 0 spiro atoms. The SMILES string of the molecule is CNCCCN(C)C(=O)c1cnns1. The zero-order chi connectivity index (χ0) is 10.4. The standard InChI is InChI=1S/C8H14N4OS/c1-9-4-3-5-12(2)8(13)7-6-10-11-14-7/h6,9H,3-5H2,1-2H3. The molecule has 14 heavy (non-hydrogen) atoms. The second-order valence-corrected chi connectivity index (χ2v) is 3.75. The molecule has 0 saturated heterocycles. The van der Waals surface area contributed by atoms with E-state index < -0.39 is 0 Å². The van der Waals surface area contributed by atoms with Crippen LogP contribution in [0.1, 0.15) is 16.1 Å². The summed E-state index contributed by atoms with van der Waals surface area (Å²) in [4.78, 5) is 13.9. The van der Waals surface area contributed by atoms with Crippen LogP contribution in [0.25, 0.3) is 0 Å². The summed E-state index contributed by atoms with van der Waals surface area (Å²) in [5, 5.41) is 6.67. The van der Waals surface area contributed by atoms with Gasteiger partial charge >= 0.3 is 0 Å². The molecule has 0 fully saturated rings. The highest BCUT2D eigenvalue weighted by Gasteiger charge is 2.12. The summed E-state index contributed by atoms with van der Waals surface area (Å²) in [5.74, 6) is -0.00361. The maximum atomic E-state index is 11.6. The van der Waals surface area contributed by atoms with Crippen LogP contribution in [0.3, 0.4) is 0 Å². The highest BCUT2D eigenvalue weighted by molar-refractivity contribution is 7.07. The van der Waals surface area contributed by atoms with Crippen LogP contribution >= 0.6 is 11.5 Å². The average molecular weight is 214 g/mol. The predicted molar refractivity (Wildman–Crippen MR) is 55.4 cm³/mol. The van der Waals surface area contributed by atoms with Gasteiger partial charge in [0.15, 0.2) is 0 Å². The smallest absolute Gasteiger partial charge is 0.266 e. The lowest BCUT2D eigenvalue weighted by atomic mass is 10.3. The molecule has 0 aliphatic heterocycles. The van der Waals surface area contributed by atoms with Crippen molar-refractivity contribution in [2.45, 2.75) is 6.42 Å². The van der Waals surface area contributed by atoms with Gasteiger partial charge < -0.3 is 10.2 Å². The summed E-state index contributed by atoms with van der Waals surface area (Å²) in [6.45, 7) is 1.66. The topological polar surface area (TPSA) is 58.1 Å². The third-order valence-corrected chi connectivity index (χ3v) is 2.49. The van der Waals surface area contributed by atoms with Gasteiger partial charge in [-0.2, -0.15) is 0 Å². The Kier molecular flexibility index (Phi) is 4.48. The summed E-state index contributed by atoms with van der Waals surface area (Å²) in [7, 11) is 3.69. The van der Waals surface area contributed by atoms with Gasteiger partial charge in [0.2, 0.25) is 0 Å². The van der Waals surface area contributed by atoms with E-state index in [2.05, 4.69) is 14.9 Å². The maximum Gasteiger partial charge on any atom is 0.266 e. The van der Waals surface area contributed by atoms with Crippen molar-refractivity contribution >= 4 is 17.4 Å². The molecule has 0 atom stereocenters. The van der Waals surface area contributed by atoms with Crippen molar-refractivity contribution < 1.29 is 4.79 Å². The largest absolute Gasteiger partial charge is 0.341 e. The van der Waals surface area contributed by atoms with E-state index in [0.717, 1.165) is 31.0 Å². The average Bonchev–Trinajstić information content (AvgIpc) is 2.69. The molecular weight excluding hydrogens is 200 g/mol. The Balaban J connectivity index is 2.37. The van der Waals surface area contributed by atoms with E-state index in [1.54, 1.807) is 11.9 Å². The lowest BCUT2D eigenvalue weighted by molar-refractivity contribution is 0.0798. The van der Waals surface area contributed by atoms with Crippen LogP contribution < -0.4 is 5.32 Å². The normalized spacial score (nSPS) is 10.1. The van der Waals surface area contributed by atoms with Crippen molar-refractivity contribution in [1.82, 2.24) is 19.8 Å². The van der Waals surface area contributed by atoms with Gasteiger partial charge in [-0.1, -0.05) is 4.49 Å². The van der Waals surface area contributed by atoms with E-state index in [1.165, 1.54) is 6.20 Å². The van der Waals surface area contributed by atoms with Crippen LogP contribution in [0, 0.1) is 0 Å². The Morgan fingerprint density at radius 2 is 2.50 bits per heavy atom. The quantitative estimate of drug-likeness (QED) is 0.712. The molecule has 0 aliphatic carbocycles. The molecule has 1 rings (SSSR count). The van der Waals surface area contributed by atoms with Crippen molar-refractivity contribution in [2.24, 2.45) is 0 Å². The minimum atomic E-state index is -0.00361. The minimum Gasteiger partial charge on any atom is -0.341 e. The first-order chi connectivity index (χ1) is 6.75. The molecule has 6 heteroatoms. The molecule has 1 aromatic rings. The number of nitrogens with one attached hydrogen (secondary N) is 1. The third kappa shape index (κ3) is 3.04. The minimum absolute atomic E-state index is 0.00361. The van der Waals surface area contributed by atoms with Crippen molar-refractivity contribution in [3.05, 3.63) is 11.1 Å². The van der Waals surface area contributed by atoms with Gasteiger partial charge in [-0.25, -0.2) is 0 Å². The van der Waals surface area contributed by atoms with Gasteiger partial charge in [0.05, 0.1) is 6.20 Å². The van der Waals surface area contributed by atoms with Crippen molar-refractivity contribution in [3.63, 3.8) is 0 Å². The van der Waals surface area contributed by atoms with E-state index >= 15 is 0 Å². The highest BCUT2D eigenvalue weighted by Crippen LogP contribution is 2.05. The zero-order valence-electron chi connectivity index (χ0n) is 8.36. The Morgan fingerprint density at radius 1 is 1.71 bits per heavy atom. The van der Waals surface area contributed by atoms with Crippen molar-refractivity contribution in [2.75, 3.05) is 27.2 Å². The Labute approximate surface area is 87.3 Å². The number of carbonyl (C=O) groups excluding carboxylic acids is 1. The molecule has 1 N–H and O–H groups in total. The first-order valence-corrected chi connectivity index (χ1v) is 5.20. The molecule has 0 bridgehead atoms. The molecule has 0 radical (unpaired) electrons. The molecule has 5 nitrogen and oxygen atoms in total. The summed E-state index contributed by atoms with van der Waals surface area (Å²) < 4.78 is 3.65. The molecule has 1 heterocycles. The lowest BCUT2D eigenvalue weighted by Gasteiger charge is -2.15. The van der Waals surface area contributed by atoms with Gasteiger partial charge in [-0.05, 0) is 31.5 Å². The predicted octanol–water partition coefficient (Wildman–Crippen LogP) is 0.220. The first-order valence-electron chi connectivity index (χ1n) is 4.43. The number of amides is 1. The summed E-state index contributed by atoms with van der Waals surface area (Å²) in [5.41, 5.74) is 0. The fraction of sp³-hybridized carbons (Fsp3) is 0.625. The fourth-order valence-corrected chi connectivity index (χ4v) is 1.55. The Bertz CT molecular complexity index is 275. The Morgan fingerprint density at radius 3 is 3.07 bits per heavy atom. The molecule has 0 unspecified atom stereocenters. The van der Waals surface area contributed by atoms with Crippen LogP contribution in [0.4, 0.5) is 0 Å². The molecule has 0 aromatic carbocycles. The van der Waals surface area contributed by atoms with Crippen LogP contribution in [-0.4, -0.2) is 47.6 Å². The van der Waals surface area contributed by atoms with Crippen LogP contribution in [0.5, 0.6) is 0 Å². The van der Waals surface area contributed by atoms with Gasteiger partial charge in [0.25, 0.3) is 5.91 Å². The second-order valence-electron chi connectivity index (χ2n) is 2.97. The number of nitrogens with zero attached hydrogens (tertiary/aromatic N) is 3. The molecule has 0 aliphatic rings. The van der Waals surface area contributed by atoms with E-state index in [0.29, 0.717) is 4.88 Å².